The van der Waals surface area contributed by atoms with E-state index in [4.69, 9.17) is 0 Å². The Morgan fingerprint density at radius 1 is 1.46 bits per heavy atom. The van der Waals surface area contributed by atoms with Gasteiger partial charge in [-0.15, -0.1) is 0 Å². The zero-order valence-corrected chi connectivity index (χ0v) is 7.88. The van der Waals surface area contributed by atoms with Crippen LogP contribution in [0.3, 0.4) is 0 Å². The Balaban J connectivity index is 2.29. The molecule has 1 aliphatic heterocycles. The van der Waals surface area contributed by atoms with Gasteiger partial charge in [-0.05, 0) is 43.2 Å². The maximum Gasteiger partial charge on any atom is 0.0378 e. The van der Waals surface area contributed by atoms with Gasteiger partial charge in [0.05, 0.1) is 0 Å². The van der Waals surface area contributed by atoms with Gasteiger partial charge in [0.1, 0.15) is 0 Å². The normalized spacial score (nSPS) is 16.8. The second-order valence-corrected chi connectivity index (χ2v) is 3.37. The Labute approximate surface area is 78.7 Å². The fourth-order valence-corrected chi connectivity index (χ4v) is 1.63. The van der Waals surface area contributed by atoms with Gasteiger partial charge in [0.2, 0.25) is 0 Å². The third-order valence-electron chi connectivity index (χ3n) is 2.33. The van der Waals surface area contributed by atoms with E-state index >= 15 is 0 Å². The van der Waals surface area contributed by atoms with Crippen molar-refractivity contribution in [3.05, 3.63) is 35.7 Å². The van der Waals surface area contributed by atoms with E-state index in [-0.39, 0.29) is 0 Å². The molecule has 2 nitrogen and oxygen atoms in total. The van der Waals surface area contributed by atoms with Crippen LogP contribution >= 0.6 is 0 Å². The van der Waals surface area contributed by atoms with E-state index in [9.17, 15) is 0 Å². The van der Waals surface area contributed by atoms with E-state index in [0.717, 1.165) is 25.2 Å². The SMILES string of the molecule is Cc1cc(C2=CCNCC2)ccn1. The molecule has 2 heteroatoms. The third-order valence-corrected chi connectivity index (χ3v) is 2.33. The second-order valence-electron chi connectivity index (χ2n) is 3.37. The summed E-state index contributed by atoms with van der Waals surface area (Å²) in [6.07, 6.45) is 5.27. The third kappa shape index (κ3) is 1.95. The van der Waals surface area contributed by atoms with Crippen molar-refractivity contribution < 1.29 is 0 Å². The van der Waals surface area contributed by atoms with Crippen molar-refractivity contribution >= 4 is 5.57 Å². The van der Waals surface area contributed by atoms with Gasteiger partial charge in [-0.3, -0.25) is 4.98 Å². The van der Waals surface area contributed by atoms with Gasteiger partial charge in [0.15, 0.2) is 0 Å². The van der Waals surface area contributed by atoms with E-state index < -0.39 is 0 Å². The number of nitrogens with zero attached hydrogens (tertiary/aromatic N) is 1. The predicted molar refractivity (Wildman–Crippen MR) is 54.4 cm³/mol. The lowest BCUT2D eigenvalue weighted by molar-refractivity contribution is 0.738. The fraction of sp³-hybridized carbons (Fsp3) is 0.364. The van der Waals surface area contributed by atoms with Gasteiger partial charge in [-0.1, -0.05) is 6.08 Å². The van der Waals surface area contributed by atoms with Crippen LogP contribution in [-0.4, -0.2) is 18.1 Å². The molecule has 2 heterocycles. The highest BCUT2D eigenvalue weighted by Crippen LogP contribution is 2.19. The molecule has 1 aromatic heterocycles. The molecule has 0 unspecified atom stereocenters. The van der Waals surface area contributed by atoms with Crippen LogP contribution in [0.4, 0.5) is 0 Å². The van der Waals surface area contributed by atoms with E-state index in [1.54, 1.807) is 0 Å². The lowest BCUT2D eigenvalue weighted by Crippen LogP contribution is -2.20. The van der Waals surface area contributed by atoms with Crippen LogP contribution in [0, 0.1) is 6.92 Å². The summed E-state index contributed by atoms with van der Waals surface area (Å²) in [5.74, 6) is 0. The summed E-state index contributed by atoms with van der Waals surface area (Å²) in [6.45, 7) is 4.12. The van der Waals surface area contributed by atoms with Crippen molar-refractivity contribution in [2.45, 2.75) is 13.3 Å². The molecule has 1 aromatic rings. The highest BCUT2D eigenvalue weighted by molar-refractivity contribution is 5.66. The molecule has 0 radical (unpaired) electrons. The highest BCUT2D eigenvalue weighted by atomic mass is 14.8. The zero-order chi connectivity index (χ0) is 9.10. The van der Waals surface area contributed by atoms with E-state index in [1.165, 1.54) is 11.1 Å². The van der Waals surface area contributed by atoms with Gasteiger partial charge in [-0.25, -0.2) is 0 Å². The molecule has 1 aliphatic rings. The standard InChI is InChI=1S/C11H14N2/c1-9-8-11(4-7-13-9)10-2-5-12-6-3-10/h2,4,7-8,12H,3,5-6H2,1H3. The largest absolute Gasteiger partial charge is 0.313 e. The number of aromatic nitrogens is 1. The van der Waals surface area contributed by atoms with Crippen LogP contribution < -0.4 is 5.32 Å². The number of aryl methyl sites for hydroxylation is 1. The van der Waals surface area contributed by atoms with Crippen molar-refractivity contribution in [3.63, 3.8) is 0 Å². The fourth-order valence-electron chi connectivity index (χ4n) is 1.63. The van der Waals surface area contributed by atoms with Crippen molar-refractivity contribution in [1.82, 2.24) is 10.3 Å². The molecule has 0 bridgehead atoms. The number of hydrogen-bond donors (Lipinski definition) is 1. The molecule has 2 rings (SSSR count). The first-order chi connectivity index (χ1) is 6.36. The average molecular weight is 174 g/mol. The summed E-state index contributed by atoms with van der Waals surface area (Å²) in [5, 5.41) is 3.31. The van der Waals surface area contributed by atoms with Crippen molar-refractivity contribution in [3.8, 4) is 0 Å². The molecule has 1 N–H and O–H groups in total. The molecular formula is C11H14N2. The Morgan fingerprint density at radius 3 is 3.08 bits per heavy atom. The number of nitrogens with one attached hydrogen (secondary N) is 1. The summed E-state index contributed by atoms with van der Waals surface area (Å²) < 4.78 is 0. The smallest absolute Gasteiger partial charge is 0.0378 e. The summed E-state index contributed by atoms with van der Waals surface area (Å²) in [4.78, 5) is 4.19. The summed E-state index contributed by atoms with van der Waals surface area (Å²) >= 11 is 0. The second kappa shape index (κ2) is 3.71. The highest BCUT2D eigenvalue weighted by Gasteiger charge is 2.05. The van der Waals surface area contributed by atoms with Crippen LogP contribution in [0.25, 0.3) is 5.57 Å². The minimum Gasteiger partial charge on any atom is -0.313 e. The molecule has 0 aromatic carbocycles. The Bertz CT molecular complexity index is 329. The van der Waals surface area contributed by atoms with E-state index in [0.29, 0.717) is 0 Å². The van der Waals surface area contributed by atoms with Crippen LogP contribution in [-0.2, 0) is 0 Å². The lowest BCUT2D eigenvalue weighted by Gasteiger charge is -2.14. The molecule has 0 saturated heterocycles. The Hall–Kier alpha value is -1.15. The van der Waals surface area contributed by atoms with Gasteiger partial charge >= 0.3 is 0 Å². The predicted octanol–water partition coefficient (Wildman–Crippen LogP) is 1.77. The molecule has 13 heavy (non-hydrogen) atoms. The van der Waals surface area contributed by atoms with Crippen molar-refractivity contribution in [1.29, 1.82) is 0 Å². The monoisotopic (exact) mass is 174 g/mol. The van der Waals surface area contributed by atoms with Crippen LogP contribution in [0.2, 0.25) is 0 Å². The quantitative estimate of drug-likeness (QED) is 0.701. The van der Waals surface area contributed by atoms with Gasteiger partial charge in [-0.2, -0.15) is 0 Å². The molecule has 68 valence electrons. The topological polar surface area (TPSA) is 24.9 Å². The molecule has 0 spiro atoms. The Morgan fingerprint density at radius 2 is 2.38 bits per heavy atom. The zero-order valence-electron chi connectivity index (χ0n) is 7.88. The first kappa shape index (κ1) is 8.45. The van der Waals surface area contributed by atoms with Crippen LogP contribution in [0.1, 0.15) is 17.7 Å². The minimum absolute atomic E-state index is 0.997. The summed E-state index contributed by atoms with van der Waals surface area (Å²) in [6, 6.07) is 4.24. The van der Waals surface area contributed by atoms with Crippen molar-refractivity contribution in [2.75, 3.05) is 13.1 Å². The van der Waals surface area contributed by atoms with Gasteiger partial charge in [0.25, 0.3) is 0 Å². The molecular weight excluding hydrogens is 160 g/mol. The molecule has 0 atom stereocenters. The molecule has 0 amide bonds. The molecule has 0 saturated carbocycles. The average Bonchev–Trinajstić information content (AvgIpc) is 2.19. The van der Waals surface area contributed by atoms with Crippen molar-refractivity contribution in [2.24, 2.45) is 0 Å². The number of pyridine rings is 1. The maximum atomic E-state index is 4.19. The van der Waals surface area contributed by atoms with Crippen LogP contribution in [0.15, 0.2) is 24.4 Å². The van der Waals surface area contributed by atoms with E-state index in [2.05, 4.69) is 28.5 Å². The number of rotatable bonds is 1. The van der Waals surface area contributed by atoms with Gasteiger partial charge in [0, 0.05) is 18.4 Å². The first-order valence-electron chi connectivity index (χ1n) is 4.69. The minimum atomic E-state index is 0.997. The number of hydrogen-bond acceptors (Lipinski definition) is 2. The maximum absolute atomic E-state index is 4.19. The first-order valence-corrected chi connectivity index (χ1v) is 4.69. The molecule has 0 aliphatic carbocycles. The lowest BCUT2D eigenvalue weighted by atomic mass is 10.0. The van der Waals surface area contributed by atoms with Crippen LogP contribution in [0.5, 0.6) is 0 Å². The summed E-state index contributed by atoms with van der Waals surface area (Å²) in [7, 11) is 0. The summed E-state index contributed by atoms with van der Waals surface area (Å²) in [5.41, 5.74) is 3.87. The van der Waals surface area contributed by atoms with Gasteiger partial charge < -0.3 is 5.32 Å². The molecule has 0 fully saturated rings. The Kier molecular flexibility index (Phi) is 2.41. The van der Waals surface area contributed by atoms with E-state index in [1.807, 2.05) is 13.1 Å².